The van der Waals surface area contributed by atoms with Crippen LogP contribution in [0.25, 0.3) is 0 Å². The van der Waals surface area contributed by atoms with Crippen LogP contribution < -0.4 is 29.7 Å². The Morgan fingerprint density at radius 3 is 2.12 bits per heavy atom. The fourth-order valence-corrected chi connectivity index (χ4v) is 2.31. The minimum atomic E-state index is 0.336. The molecule has 0 fully saturated rings. The first-order valence-corrected chi connectivity index (χ1v) is 8.05. The Labute approximate surface area is 157 Å². The fourth-order valence-electron chi connectivity index (χ4n) is 2.14. The van der Waals surface area contributed by atoms with Gasteiger partial charge in [-0.05, 0) is 36.5 Å². The van der Waals surface area contributed by atoms with Crippen LogP contribution in [-0.2, 0) is 0 Å². The predicted molar refractivity (Wildman–Crippen MR) is 106 cm³/mol. The summed E-state index contributed by atoms with van der Waals surface area (Å²) in [5, 5.41) is 7.48. The van der Waals surface area contributed by atoms with Gasteiger partial charge in [0.2, 0.25) is 0 Å². The molecule has 2 aromatic rings. The maximum Gasteiger partial charge on any atom is 0.191 e. The van der Waals surface area contributed by atoms with Gasteiger partial charge in [-0.25, -0.2) is 0 Å². The lowest BCUT2D eigenvalue weighted by Crippen LogP contribution is -2.23. The summed E-state index contributed by atoms with van der Waals surface area (Å²) in [4.78, 5) is 0. The molecule has 0 heterocycles. The van der Waals surface area contributed by atoms with Gasteiger partial charge in [0.05, 0.1) is 34.7 Å². The summed E-state index contributed by atoms with van der Waals surface area (Å²) in [5.41, 5.74) is 4.31. The third-order valence-electron chi connectivity index (χ3n) is 3.39. The van der Waals surface area contributed by atoms with E-state index >= 15 is 0 Å². The van der Waals surface area contributed by atoms with Crippen LogP contribution in [0.4, 0.5) is 5.69 Å². The lowest BCUT2D eigenvalue weighted by atomic mass is 10.2. The monoisotopic (exact) mass is 375 g/mol. The Hall–Kier alpha value is -3.00. The van der Waals surface area contributed by atoms with Crippen LogP contribution in [0.1, 0.15) is 5.56 Å². The Bertz CT molecular complexity index is 774. The average molecular weight is 375 g/mol. The molecule has 0 bridgehead atoms. The molecule has 0 aromatic heterocycles. The van der Waals surface area contributed by atoms with E-state index in [9.17, 15) is 0 Å². The number of hydrogen-bond donors (Lipinski definition) is 2. The van der Waals surface area contributed by atoms with Crippen molar-refractivity contribution in [3.8, 4) is 23.0 Å². The van der Waals surface area contributed by atoms with Crippen molar-refractivity contribution in [1.82, 2.24) is 5.43 Å². The number of nitrogens with one attached hydrogen (secondary N) is 2. The van der Waals surface area contributed by atoms with Crippen molar-refractivity contribution < 1.29 is 18.9 Å². The molecule has 0 atom stereocenters. The van der Waals surface area contributed by atoms with Crippen molar-refractivity contribution in [1.29, 1.82) is 0 Å². The van der Waals surface area contributed by atoms with Crippen LogP contribution in [0.2, 0.25) is 0 Å². The van der Waals surface area contributed by atoms with E-state index in [1.54, 1.807) is 52.9 Å². The summed E-state index contributed by atoms with van der Waals surface area (Å²) in [6.07, 6.45) is 1.62. The highest BCUT2D eigenvalue weighted by molar-refractivity contribution is 7.80. The van der Waals surface area contributed by atoms with Crippen LogP contribution >= 0.6 is 12.2 Å². The predicted octanol–water partition coefficient (Wildman–Crippen LogP) is 3.04. The van der Waals surface area contributed by atoms with Crippen LogP contribution in [0.3, 0.4) is 0 Å². The Kier molecular flexibility index (Phi) is 7.04. The number of rotatable bonds is 7. The number of hydrogen-bond acceptors (Lipinski definition) is 6. The summed E-state index contributed by atoms with van der Waals surface area (Å²) in [5.74, 6) is 2.60. The highest BCUT2D eigenvalue weighted by Gasteiger charge is 2.05. The van der Waals surface area contributed by atoms with Crippen molar-refractivity contribution in [2.24, 2.45) is 5.10 Å². The Morgan fingerprint density at radius 2 is 1.54 bits per heavy atom. The quantitative estimate of drug-likeness (QED) is 0.438. The van der Waals surface area contributed by atoms with Gasteiger partial charge in [0.25, 0.3) is 0 Å². The topological polar surface area (TPSA) is 73.3 Å². The first-order valence-electron chi connectivity index (χ1n) is 7.64. The second kappa shape index (κ2) is 9.47. The molecule has 0 unspecified atom stereocenters. The number of ether oxygens (including phenoxy) is 4. The maximum absolute atomic E-state index is 5.26. The van der Waals surface area contributed by atoms with Crippen molar-refractivity contribution in [2.75, 3.05) is 33.8 Å². The minimum Gasteiger partial charge on any atom is -0.497 e. The van der Waals surface area contributed by atoms with E-state index < -0.39 is 0 Å². The smallest absolute Gasteiger partial charge is 0.191 e. The van der Waals surface area contributed by atoms with E-state index in [2.05, 4.69) is 15.8 Å². The largest absolute Gasteiger partial charge is 0.497 e. The molecule has 7 nitrogen and oxygen atoms in total. The third kappa shape index (κ3) is 5.25. The Balaban J connectivity index is 1.99. The summed E-state index contributed by atoms with van der Waals surface area (Å²) in [6, 6.07) is 10.8. The van der Waals surface area contributed by atoms with Crippen molar-refractivity contribution in [3.05, 3.63) is 42.0 Å². The molecule has 138 valence electrons. The number of nitrogens with zero attached hydrogens (tertiary/aromatic N) is 1. The third-order valence-corrected chi connectivity index (χ3v) is 3.59. The molecule has 0 saturated heterocycles. The first kappa shape index (κ1) is 19.3. The second-order valence-electron chi connectivity index (χ2n) is 5.04. The standard InChI is InChI=1S/C18H21N3O4S/c1-22-14-7-12(8-15(10-14)23-2)11-19-21-18(26)20-13-5-6-16(24-3)17(9-13)25-4/h5-11H,1-4H3,(H2,20,21,26)/b19-11-. The first-order chi connectivity index (χ1) is 12.6. The highest BCUT2D eigenvalue weighted by atomic mass is 32.1. The van der Waals surface area contributed by atoms with Crippen LogP contribution in [-0.4, -0.2) is 39.8 Å². The lowest BCUT2D eigenvalue weighted by Gasteiger charge is -2.11. The van der Waals surface area contributed by atoms with Gasteiger partial charge in [-0.2, -0.15) is 5.10 Å². The highest BCUT2D eigenvalue weighted by Crippen LogP contribution is 2.29. The van der Waals surface area contributed by atoms with Crippen molar-refractivity contribution in [2.45, 2.75) is 0 Å². The van der Waals surface area contributed by atoms with E-state index in [1.165, 1.54) is 0 Å². The minimum absolute atomic E-state index is 0.336. The number of thiocarbonyl (C=S) groups is 1. The molecule has 2 aromatic carbocycles. The van der Waals surface area contributed by atoms with Gasteiger partial charge in [-0.1, -0.05) is 0 Å². The molecule has 26 heavy (non-hydrogen) atoms. The van der Waals surface area contributed by atoms with E-state index in [0.717, 1.165) is 11.3 Å². The second-order valence-corrected chi connectivity index (χ2v) is 5.45. The van der Waals surface area contributed by atoms with Crippen molar-refractivity contribution in [3.63, 3.8) is 0 Å². The zero-order valence-corrected chi connectivity index (χ0v) is 15.8. The molecule has 2 rings (SSSR count). The van der Waals surface area contributed by atoms with Gasteiger partial charge >= 0.3 is 0 Å². The molecule has 0 aliphatic carbocycles. The van der Waals surface area contributed by atoms with Crippen LogP contribution in [0.15, 0.2) is 41.5 Å². The fraction of sp³-hybridized carbons (Fsp3) is 0.222. The number of anilines is 1. The molecule has 0 aliphatic heterocycles. The normalized spacial score (nSPS) is 10.3. The molecule has 8 heteroatoms. The molecular weight excluding hydrogens is 354 g/mol. The molecule has 2 N–H and O–H groups in total. The number of hydrazone groups is 1. The molecule has 0 amide bonds. The van der Waals surface area contributed by atoms with Gasteiger partial charge in [-0.3, -0.25) is 5.43 Å². The number of methoxy groups -OCH3 is 4. The van der Waals surface area contributed by atoms with E-state index in [0.29, 0.717) is 28.1 Å². The van der Waals surface area contributed by atoms with Gasteiger partial charge in [0, 0.05) is 23.4 Å². The summed E-state index contributed by atoms with van der Waals surface area (Å²) < 4.78 is 20.9. The molecule has 0 radical (unpaired) electrons. The van der Waals surface area contributed by atoms with Gasteiger partial charge < -0.3 is 24.3 Å². The molecule has 0 aliphatic rings. The van der Waals surface area contributed by atoms with E-state index in [-0.39, 0.29) is 0 Å². The zero-order chi connectivity index (χ0) is 18.9. The van der Waals surface area contributed by atoms with Gasteiger partial charge in [0.1, 0.15) is 11.5 Å². The maximum atomic E-state index is 5.26. The van der Waals surface area contributed by atoms with Crippen LogP contribution in [0.5, 0.6) is 23.0 Å². The summed E-state index contributed by atoms with van der Waals surface area (Å²) in [7, 11) is 6.34. The number of benzene rings is 2. The molecular formula is C18H21N3O4S. The molecule has 0 saturated carbocycles. The summed E-state index contributed by atoms with van der Waals surface area (Å²) >= 11 is 5.23. The van der Waals surface area contributed by atoms with Gasteiger partial charge in [0.15, 0.2) is 16.6 Å². The average Bonchev–Trinajstić information content (AvgIpc) is 2.67. The van der Waals surface area contributed by atoms with E-state index in [4.69, 9.17) is 31.2 Å². The Morgan fingerprint density at radius 1 is 0.885 bits per heavy atom. The lowest BCUT2D eigenvalue weighted by molar-refractivity contribution is 0.355. The van der Waals surface area contributed by atoms with Gasteiger partial charge in [-0.15, -0.1) is 0 Å². The SMILES string of the molecule is COc1cc(/C=N\NC(=S)Nc2ccc(OC)c(OC)c2)cc(OC)c1. The zero-order valence-electron chi connectivity index (χ0n) is 15.0. The van der Waals surface area contributed by atoms with E-state index in [1.807, 2.05) is 18.2 Å². The van der Waals surface area contributed by atoms with Crippen molar-refractivity contribution >= 4 is 29.2 Å². The summed E-state index contributed by atoms with van der Waals surface area (Å²) in [6.45, 7) is 0. The molecule has 0 spiro atoms. The van der Waals surface area contributed by atoms with Crippen LogP contribution in [0, 0.1) is 0 Å².